The van der Waals surface area contributed by atoms with Crippen LogP contribution in [0.2, 0.25) is 0 Å². The molecule has 130 valence electrons. The van der Waals surface area contributed by atoms with Gasteiger partial charge in [0.05, 0.1) is 5.60 Å². The first-order valence-electron chi connectivity index (χ1n) is 8.93. The second kappa shape index (κ2) is 8.61. The molecular formula is C21H30O2Si. The fourth-order valence-electron chi connectivity index (χ4n) is 2.79. The number of hydrogen-bond acceptors (Lipinski definition) is 2. The lowest BCUT2D eigenvalue weighted by Gasteiger charge is -2.37. The topological polar surface area (TPSA) is 18.5 Å². The Morgan fingerprint density at radius 2 is 1.29 bits per heavy atom. The standard InChI is InChI=1S/C21H30O2Si/c1-5-6-13-18-22-24(23-21(2,3)4,19-14-9-7-10-15-19)20-16-11-8-12-17-20/h7-12,14-17H,5-6,13,18H2,1-4H3. The summed E-state index contributed by atoms with van der Waals surface area (Å²) in [6.45, 7) is 9.27. The van der Waals surface area contributed by atoms with Crippen molar-refractivity contribution in [3.8, 4) is 0 Å². The number of rotatable bonds is 8. The molecule has 0 aliphatic heterocycles. The van der Waals surface area contributed by atoms with E-state index in [9.17, 15) is 0 Å². The Balaban J connectivity index is 2.46. The van der Waals surface area contributed by atoms with E-state index in [2.05, 4.69) is 76.2 Å². The van der Waals surface area contributed by atoms with E-state index in [1.165, 1.54) is 23.2 Å². The normalized spacial score (nSPS) is 12.3. The van der Waals surface area contributed by atoms with Crippen LogP contribution in [-0.4, -0.2) is 20.8 Å². The molecule has 0 aliphatic carbocycles. The lowest BCUT2D eigenvalue weighted by Crippen LogP contribution is -2.65. The lowest BCUT2D eigenvalue weighted by atomic mass is 10.2. The predicted octanol–water partition coefficient (Wildman–Crippen LogP) is 4.26. The molecule has 0 atom stereocenters. The van der Waals surface area contributed by atoms with E-state index in [1.54, 1.807) is 0 Å². The van der Waals surface area contributed by atoms with Crippen molar-refractivity contribution in [3.05, 3.63) is 60.7 Å². The molecule has 0 unspecified atom stereocenters. The van der Waals surface area contributed by atoms with Gasteiger partial charge >= 0.3 is 8.56 Å². The summed E-state index contributed by atoms with van der Waals surface area (Å²) in [5.41, 5.74) is -0.275. The van der Waals surface area contributed by atoms with Gasteiger partial charge in [-0.3, -0.25) is 0 Å². The SMILES string of the molecule is CCCCCO[Si](OC(C)(C)C)(c1ccccc1)c1ccccc1. The second-order valence-corrected chi connectivity index (χ2v) is 10.00. The lowest BCUT2D eigenvalue weighted by molar-refractivity contribution is 0.0771. The van der Waals surface area contributed by atoms with Crippen LogP contribution >= 0.6 is 0 Å². The van der Waals surface area contributed by atoms with Gasteiger partial charge in [0.1, 0.15) is 0 Å². The number of unbranched alkanes of at least 4 members (excludes halogenated alkanes) is 2. The van der Waals surface area contributed by atoms with E-state index in [4.69, 9.17) is 8.85 Å². The molecule has 0 heterocycles. The molecule has 0 aliphatic rings. The summed E-state index contributed by atoms with van der Waals surface area (Å²) in [6, 6.07) is 20.9. The predicted molar refractivity (Wildman–Crippen MR) is 104 cm³/mol. The summed E-state index contributed by atoms with van der Waals surface area (Å²) in [7, 11) is -2.73. The van der Waals surface area contributed by atoms with Crippen molar-refractivity contribution in [1.29, 1.82) is 0 Å². The minimum Gasteiger partial charge on any atom is -0.388 e. The van der Waals surface area contributed by atoms with Crippen molar-refractivity contribution in [2.75, 3.05) is 6.61 Å². The van der Waals surface area contributed by atoms with Crippen molar-refractivity contribution in [3.63, 3.8) is 0 Å². The highest BCUT2D eigenvalue weighted by Gasteiger charge is 2.45. The van der Waals surface area contributed by atoms with Gasteiger partial charge in [-0.2, -0.15) is 0 Å². The second-order valence-electron chi connectivity index (χ2n) is 7.12. The van der Waals surface area contributed by atoms with Gasteiger partial charge in [0.15, 0.2) is 0 Å². The highest BCUT2D eigenvalue weighted by molar-refractivity contribution is 6.92. The maximum absolute atomic E-state index is 6.69. The highest BCUT2D eigenvalue weighted by atomic mass is 28.4. The van der Waals surface area contributed by atoms with Crippen molar-refractivity contribution in [1.82, 2.24) is 0 Å². The molecule has 0 fully saturated rings. The Bertz CT molecular complexity index is 551. The third-order valence-electron chi connectivity index (χ3n) is 3.81. The van der Waals surface area contributed by atoms with Crippen LogP contribution in [0.3, 0.4) is 0 Å². The van der Waals surface area contributed by atoms with Gasteiger partial charge in [0.25, 0.3) is 0 Å². The van der Waals surface area contributed by atoms with Crippen molar-refractivity contribution < 1.29 is 8.85 Å². The molecular weight excluding hydrogens is 312 g/mol. The van der Waals surface area contributed by atoms with Crippen molar-refractivity contribution >= 4 is 18.9 Å². The molecule has 2 aromatic rings. The molecule has 2 aromatic carbocycles. The Hall–Kier alpha value is -1.42. The van der Waals surface area contributed by atoms with Crippen molar-refractivity contribution in [2.24, 2.45) is 0 Å². The maximum Gasteiger partial charge on any atom is 0.407 e. The third kappa shape index (κ3) is 5.03. The Kier molecular flexibility index (Phi) is 6.78. The van der Waals surface area contributed by atoms with Gasteiger partial charge in [-0.05, 0) is 37.6 Å². The molecule has 0 saturated heterocycles. The summed E-state index contributed by atoms with van der Waals surface area (Å²) in [4.78, 5) is 0. The zero-order valence-corrected chi connectivity index (χ0v) is 16.4. The van der Waals surface area contributed by atoms with Crippen LogP contribution < -0.4 is 10.4 Å². The van der Waals surface area contributed by atoms with Gasteiger partial charge in [-0.15, -0.1) is 0 Å². The first kappa shape index (κ1) is 18.9. The zero-order chi connectivity index (χ0) is 17.5. The Morgan fingerprint density at radius 1 is 0.792 bits per heavy atom. The van der Waals surface area contributed by atoms with Gasteiger partial charge in [0.2, 0.25) is 0 Å². The summed E-state index contributed by atoms with van der Waals surface area (Å²) >= 11 is 0. The molecule has 2 rings (SSSR count). The number of hydrogen-bond donors (Lipinski definition) is 0. The van der Waals surface area contributed by atoms with E-state index >= 15 is 0 Å². The molecule has 3 heteroatoms. The first-order valence-corrected chi connectivity index (χ1v) is 10.7. The van der Waals surface area contributed by atoms with Gasteiger partial charge in [-0.25, -0.2) is 0 Å². The molecule has 0 radical (unpaired) electrons. The van der Waals surface area contributed by atoms with Gasteiger partial charge < -0.3 is 8.85 Å². The van der Waals surface area contributed by atoms with E-state index in [0.29, 0.717) is 0 Å². The largest absolute Gasteiger partial charge is 0.407 e. The van der Waals surface area contributed by atoms with E-state index in [1.807, 2.05) is 12.1 Å². The molecule has 24 heavy (non-hydrogen) atoms. The minimum atomic E-state index is -2.73. The van der Waals surface area contributed by atoms with Crippen LogP contribution in [0.25, 0.3) is 0 Å². The average Bonchev–Trinajstić information content (AvgIpc) is 2.58. The first-order chi connectivity index (χ1) is 11.5. The highest BCUT2D eigenvalue weighted by Crippen LogP contribution is 2.19. The molecule has 0 spiro atoms. The molecule has 0 aromatic heterocycles. The molecule has 0 saturated carbocycles. The fourth-order valence-corrected chi connectivity index (χ4v) is 6.31. The van der Waals surface area contributed by atoms with Crippen LogP contribution in [0.15, 0.2) is 60.7 Å². The Labute approximate surface area is 148 Å². The fraction of sp³-hybridized carbons (Fsp3) is 0.429. The van der Waals surface area contributed by atoms with Crippen LogP contribution in [0.4, 0.5) is 0 Å². The summed E-state index contributed by atoms with van der Waals surface area (Å²) in [5, 5.41) is 2.34. The quantitative estimate of drug-likeness (QED) is 0.527. The summed E-state index contributed by atoms with van der Waals surface area (Å²) in [5.74, 6) is 0. The third-order valence-corrected chi connectivity index (χ3v) is 7.51. The Morgan fingerprint density at radius 3 is 1.71 bits per heavy atom. The molecule has 0 bridgehead atoms. The van der Waals surface area contributed by atoms with Gasteiger partial charge in [-0.1, -0.05) is 80.4 Å². The molecule has 2 nitrogen and oxygen atoms in total. The molecule has 0 N–H and O–H groups in total. The zero-order valence-electron chi connectivity index (χ0n) is 15.4. The molecule has 0 amide bonds. The van der Waals surface area contributed by atoms with Crippen LogP contribution in [0.5, 0.6) is 0 Å². The monoisotopic (exact) mass is 342 g/mol. The number of benzene rings is 2. The van der Waals surface area contributed by atoms with E-state index in [-0.39, 0.29) is 5.60 Å². The summed E-state index contributed by atoms with van der Waals surface area (Å²) in [6.07, 6.45) is 3.44. The van der Waals surface area contributed by atoms with Crippen molar-refractivity contribution in [2.45, 2.75) is 52.6 Å². The maximum atomic E-state index is 6.69. The van der Waals surface area contributed by atoms with Crippen LogP contribution in [0, 0.1) is 0 Å². The summed E-state index contributed by atoms with van der Waals surface area (Å²) < 4.78 is 13.3. The minimum absolute atomic E-state index is 0.275. The smallest absolute Gasteiger partial charge is 0.388 e. The van der Waals surface area contributed by atoms with Crippen LogP contribution in [-0.2, 0) is 8.85 Å². The van der Waals surface area contributed by atoms with Crippen LogP contribution in [0.1, 0.15) is 47.0 Å². The average molecular weight is 343 g/mol. The van der Waals surface area contributed by atoms with Gasteiger partial charge in [0, 0.05) is 6.61 Å². The van der Waals surface area contributed by atoms with E-state index in [0.717, 1.165) is 13.0 Å². The van der Waals surface area contributed by atoms with E-state index < -0.39 is 8.56 Å².